The summed E-state index contributed by atoms with van der Waals surface area (Å²) in [7, 11) is 0. The summed E-state index contributed by atoms with van der Waals surface area (Å²) in [5, 5.41) is 51.9. The Morgan fingerprint density at radius 1 is 0.714 bits per heavy atom. The minimum atomic E-state index is -1.48. The number of hydrogen-bond donors (Lipinski definition) is 6. The maximum atomic E-state index is 10.1. The molecule has 0 bridgehead atoms. The van der Waals surface area contributed by atoms with Crippen LogP contribution >= 0.6 is 0 Å². The van der Waals surface area contributed by atoms with Gasteiger partial charge in [0.2, 0.25) is 0 Å². The molecular weight excluding hydrogens is 450 g/mol. The summed E-state index contributed by atoms with van der Waals surface area (Å²) in [4.78, 5) is 0. The summed E-state index contributed by atoms with van der Waals surface area (Å²) in [6.07, 6.45) is 14.1. The fourth-order valence-electron chi connectivity index (χ4n) is 4.54. The number of ether oxygens (including phenoxy) is 2. The molecule has 210 valence electrons. The molecule has 8 nitrogen and oxygen atoms in total. The number of nitrogens with one attached hydrogen (secondary N) is 1. The van der Waals surface area contributed by atoms with E-state index in [1.165, 1.54) is 96.3 Å². The number of rotatable bonds is 23. The quantitative estimate of drug-likeness (QED) is 0.117. The highest BCUT2D eigenvalue weighted by Crippen LogP contribution is 2.22. The molecule has 0 aromatic heterocycles. The van der Waals surface area contributed by atoms with Gasteiger partial charge in [-0.2, -0.15) is 0 Å². The summed E-state index contributed by atoms with van der Waals surface area (Å²) < 4.78 is 10.6. The van der Waals surface area contributed by atoms with Gasteiger partial charge in [-0.05, 0) is 13.0 Å². The van der Waals surface area contributed by atoms with Crippen molar-refractivity contribution in [2.24, 2.45) is 0 Å². The predicted molar refractivity (Wildman–Crippen MR) is 138 cm³/mol. The van der Waals surface area contributed by atoms with Crippen molar-refractivity contribution in [3.8, 4) is 0 Å². The van der Waals surface area contributed by atoms with Crippen LogP contribution in [0.2, 0.25) is 0 Å². The number of aliphatic hydroxyl groups is 5. The number of unbranched alkanes of at least 4 members (excludes halogenated alkanes) is 15. The fraction of sp³-hybridized carbons (Fsp3) is 1.00. The monoisotopic (exact) mass is 505 g/mol. The molecule has 1 fully saturated rings. The van der Waals surface area contributed by atoms with Crippen molar-refractivity contribution >= 4 is 0 Å². The standard InChI is InChI=1S/C27H55NO7/c1-2-3-4-5-6-7-8-9-10-11-12-13-14-15-16-17-18-28-19-22(30)21-34-27-26(33)25(32)24(31)23(20-29)35-27/h22-33H,2-21H2,1H3/t22?,23-,24+,25+,26-,27-/m1/s1. The molecule has 1 aliphatic rings. The Bertz CT molecular complexity index is 469. The van der Waals surface area contributed by atoms with Gasteiger partial charge in [0.05, 0.1) is 19.3 Å². The summed E-state index contributed by atoms with van der Waals surface area (Å²) in [6, 6.07) is 0. The topological polar surface area (TPSA) is 132 Å². The van der Waals surface area contributed by atoms with Crippen molar-refractivity contribution in [3.63, 3.8) is 0 Å². The Kier molecular flexibility index (Phi) is 20.3. The molecule has 6 atom stereocenters. The smallest absolute Gasteiger partial charge is 0.186 e. The molecule has 0 amide bonds. The summed E-state index contributed by atoms with van der Waals surface area (Å²) >= 11 is 0. The zero-order valence-corrected chi connectivity index (χ0v) is 22.2. The molecule has 1 rings (SSSR count). The van der Waals surface area contributed by atoms with Crippen molar-refractivity contribution in [2.75, 3.05) is 26.3 Å². The van der Waals surface area contributed by atoms with Gasteiger partial charge in [-0.15, -0.1) is 0 Å². The Morgan fingerprint density at radius 3 is 1.69 bits per heavy atom. The molecule has 0 saturated carbocycles. The average molecular weight is 506 g/mol. The Balaban J connectivity index is 1.86. The zero-order valence-electron chi connectivity index (χ0n) is 22.2. The van der Waals surface area contributed by atoms with E-state index in [-0.39, 0.29) is 6.61 Å². The molecule has 1 aliphatic heterocycles. The highest BCUT2D eigenvalue weighted by Gasteiger charge is 2.44. The lowest BCUT2D eigenvalue weighted by atomic mass is 9.99. The first-order valence-electron chi connectivity index (χ1n) is 14.3. The van der Waals surface area contributed by atoms with Gasteiger partial charge in [-0.1, -0.05) is 103 Å². The van der Waals surface area contributed by atoms with Crippen LogP contribution in [-0.2, 0) is 9.47 Å². The molecule has 0 spiro atoms. The van der Waals surface area contributed by atoms with Gasteiger partial charge in [0.25, 0.3) is 0 Å². The Hall–Kier alpha value is -0.320. The van der Waals surface area contributed by atoms with Crippen LogP contribution in [0.1, 0.15) is 110 Å². The van der Waals surface area contributed by atoms with Gasteiger partial charge in [0.15, 0.2) is 6.29 Å². The second-order valence-electron chi connectivity index (χ2n) is 10.2. The van der Waals surface area contributed by atoms with E-state index in [2.05, 4.69) is 12.2 Å². The molecule has 0 aliphatic carbocycles. The van der Waals surface area contributed by atoms with Crippen LogP contribution in [0.3, 0.4) is 0 Å². The number of hydrogen-bond acceptors (Lipinski definition) is 8. The molecule has 35 heavy (non-hydrogen) atoms. The lowest BCUT2D eigenvalue weighted by Gasteiger charge is -2.39. The van der Waals surface area contributed by atoms with Gasteiger partial charge in [0, 0.05) is 6.54 Å². The van der Waals surface area contributed by atoms with Crippen LogP contribution in [-0.4, -0.2) is 88.6 Å². The zero-order chi connectivity index (χ0) is 25.7. The maximum Gasteiger partial charge on any atom is 0.186 e. The van der Waals surface area contributed by atoms with E-state index in [0.29, 0.717) is 6.54 Å². The van der Waals surface area contributed by atoms with Crippen LogP contribution in [0, 0.1) is 0 Å². The van der Waals surface area contributed by atoms with Crippen molar-refractivity contribution < 1.29 is 35.0 Å². The van der Waals surface area contributed by atoms with Crippen LogP contribution in [0.25, 0.3) is 0 Å². The normalized spacial score (nSPS) is 25.7. The first-order valence-corrected chi connectivity index (χ1v) is 14.3. The summed E-state index contributed by atoms with van der Waals surface area (Å²) in [6.45, 7) is 2.86. The highest BCUT2D eigenvalue weighted by molar-refractivity contribution is 4.89. The van der Waals surface area contributed by atoms with Gasteiger partial charge in [-0.25, -0.2) is 0 Å². The predicted octanol–water partition coefficient (Wildman–Crippen LogP) is 3.01. The second-order valence-corrected chi connectivity index (χ2v) is 10.2. The highest BCUT2D eigenvalue weighted by atomic mass is 16.7. The van der Waals surface area contributed by atoms with Crippen molar-refractivity contribution in [3.05, 3.63) is 0 Å². The van der Waals surface area contributed by atoms with Crippen molar-refractivity contribution in [2.45, 2.75) is 146 Å². The molecule has 8 heteroatoms. The maximum absolute atomic E-state index is 10.1. The van der Waals surface area contributed by atoms with Crippen LogP contribution in [0.4, 0.5) is 0 Å². The van der Waals surface area contributed by atoms with E-state index < -0.39 is 43.4 Å². The minimum absolute atomic E-state index is 0.0886. The Labute approximate surface area is 213 Å². The molecule has 1 unspecified atom stereocenters. The molecule has 1 heterocycles. The van der Waals surface area contributed by atoms with E-state index in [1.54, 1.807) is 0 Å². The first-order chi connectivity index (χ1) is 17.0. The van der Waals surface area contributed by atoms with Gasteiger partial charge >= 0.3 is 0 Å². The van der Waals surface area contributed by atoms with Crippen LogP contribution < -0.4 is 5.32 Å². The third kappa shape index (κ3) is 15.5. The summed E-state index contributed by atoms with van der Waals surface area (Å²) in [5.74, 6) is 0. The Morgan fingerprint density at radius 2 is 1.20 bits per heavy atom. The van der Waals surface area contributed by atoms with E-state index >= 15 is 0 Å². The molecule has 1 saturated heterocycles. The average Bonchev–Trinajstić information content (AvgIpc) is 2.86. The van der Waals surface area contributed by atoms with Gasteiger partial charge < -0.3 is 40.3 Å². The number of aliphatic hydroxyl groups excluding tert-OH is 5. The fourth-order valence-corrected chi connectivity index (χ4v) is 4.54. The third-order valence-corrected chi connectivity index (χ3v) is 6.89. The lowest BCUT2D eigenvalue weighted by molar-refractivity contribution is -0.304. The molecular formula is C27H55NO7. The van der Waals surface area contributed by atoms with Gasteiger partial charge in [0.1, 0.15) is 24.4 Å². The van der Waals surface area contributed by atoms with E-state index in [9.17, 15) is 25.5 Å². The van der Waals surface area contributed by atoms with E-state index in [0.717, 1.165) is 13.0 Å². The largest absolute Gasteiger partial charge is 0.394 e. The minimum Gasteiger partial charge on any atom is -0.394 e. The van der Waals surface area contributed by atoms with Crippen LogP contribution in [0.15, 0.2) is 0 Å². The molecule has 0 aromatic carbocycles. The third-order valence-electron chi connectivity index (χ3n) is 6.89. The molecule has 0 radical (unpaired) electrons. The van der Waals surface area contributed by atoms with Crippen LogP contribution in [0.5, 0.6) is 0 Å². The first kappa shape index (κ1) is 32.7. The van der Waals surface area contributed by atoms with E-state index in [4.69, 9.17) is 9.47 Å². The second kappa shape index (κ2) is 21.7. The SMILES string of the molecule is CCCCCCCCCCCCCCCCCCNCC(O)CO[C@@H]1O[C@H](CO)[C@H](O)[C@H](O)[C@H]1O. The molecule has 0 aromatic rings. The van der Waals surface area contributed by atoms with E-state index in [1.807, 2.05) is 0 Å². The molecule has 6 N–H and O–H groups in total. The van der Waals surface area contributed by atoms with Gasteiger partial charge in [-0.3, -0.25) is 0 Å². The lowest BCUT2D eigenvalue weighted by Crippen LogP contribution is -2.59. The van der Waals surface area contributed by atoms with Crippen molar-refractivity contribution in [1.82, 2.24) is 5.32 Å². The van der Waals surface area contributed by atoms with Crippen molar-refractivity contribution in [1.29, 1.82) is 0 Å². The summed E-state index contributed by atoms with van der Waals surface area (Å²) in [5.41, 5.74) is 0.